The second-order valence-electron chi connectivity index (χ2n) is 11.8. The number of halogens is 3. The molecule has 5 rings (SSSR count). The molecule has 0 unspecified atom stereocenters. The van der Waals surface area contributed by atoms with Crippen molar-refractivity contribution in [1.82, 2.24) is 39.5 Å². The molecule has 14 nitrogen and oxygen atoms in total. The molecule has 1 aliphatic heterocycles. The third kappa shape index (κ3) is 8.10. The van der Waals surface area contributed by atoms with Crippen molar-refractivity contribution in [2.24, 2.45) is 13.0 Å². The summed E-state index contributed by atoms with van der Waals surface area (Å²) < 4.78 is 82.8. The molecule has 2 amide bonds. The fourth-order valence-corrected chi connectivity index (χ4v) is 8.29. The van der Waals surface area contributed by atoms with E-state index in [1.165, 1.54) is 26.3 Å². The Morgan fingerprint density at radius 1 is 1.10 bits per heavy atom. The van der Waals surface area contributed by atoms with Crippen molar-refractivity contribution in [2.75, 3.05) is 33.4 Å². The Morgan fingerprint density at radius 3 is 2.54 bits per heavy atom. The number of benzene rings is 1. The van der Waals surface area contributed by atoms with Crippen LogP contribution in [-0.2, 0) is 34.6 Å². The van der Waals surface area contributed by atoms with Crippen LogP contribution in [0, 0.1) is 12.8 Å². The first-order valence-electron chi connectivity index (χ1n) is 15.6. The topological polar surface area (TPSA) is 163 Å². The van der Waals surface area contributed by atoms with Crippen LogP contribution in [0.1, 0.15) is 54.0 Å². The lowest BCUT2D eigenvalue weighted by Gasteiger charge is -2.25. The molecule has 1 aliphatic rings. The Kier molecular flexibility index (Phi) is 10.9. The van der Waals surface area contributed by atoms with Gasteiger partial charge in [0.05, 0.1) is 36.8 Å². The van der Waals surface area contributed by atoms with Crippen molar-refractivity contribution in [2.45, 2.75) is 50.2 Å². The number of sulfonamides is 1. The van der Waals surface area contributed by atoms with Gasteiger partial charge < -0.3 is 20.1 Å². The van der Waals surface area contributed by atoms with Gasteiger partial charge in [0, 0.05) is 25.7 Å². The molecule has 50 heavy (non-hydrogen) atoms. The third-order valence-corrected chi connectivity index (χ3v) is 11.3. The lowest BCUT2D eigenvalue weighted by Crippen LogP contribution is -2.44. The van der Waals surface area contributed by atoms with E-state index in [0.717, 1.165) is 26.4 Å². The second kappa shape index (κ2) is 14.8. The van der Waals surface area contributed by atoms with Gasteiger partial charge in [0.1, 0.15) is 22.5 Å². The van der Waals surface area contributed by atoms with Gasteiger partial charge in [-0.2, -0.15) is 27.7 Å². The van der Waals surface area contributed by atoms with Crippen molar-refractivity contribution in [3.05, 3.63) is 59.3 Å². The van der Waals surface area contributed by atoms with E-state index < -0.39 is 46.3 Å². The van der Waals surface area contributed by atoms with Gasteiger partial charge in [-0.3, -0.25) is 14.3 Å². The number of nitrogens with zero attached hydrogens (tertiary/aromatic N) is 6. The van der Waals surface area contributed by atoms with E-state index in [4.69, 9.17) is 9.47 Å². The van der Waals surface area contributed by atoms with E-state index in [0.29, 0.717) is 23.1 Å². The van der Waals surface area contributed by atoms with Crippen LogP contribution < -0.4 is 20.1 Å². The molecule has 0 saturated heterocycles. The minimum atomic E-state index is -4.68. The normalized spacial score (nSPS) is 17.3. The molecule has 4 aromatic rings. The maximum Gasteiger partial charge on any atom is 0.435 e. The Labute approximate surface area is 290 Å². The molecule has 0 aliphatic carbocycles. The highest BCUT2D eigenvalue weighted by atomic mass is 32.2. The summed E-state index contributed by atoms with van der Waals surface area (Å²) in [5.74, 6) is 0.431. The molecular formula is C31H37F3N8O6S2. The summed E-state index contributed by atoms with van der Waals surface area (Å²) in [4.78, 5) is 31.4. The number of amides is 2. The van der Waals surface area contributed by atoms with Gasteiger partial charge in [0.25, 0.3) is 15.9 Å². The smallest absolute Gasteiger partial charge is 0.435 e. The summed E-state index contributed by atoms with van der Waals surface area (Å²) in [6, 6.07) is 7.61. The second-order valence-corrected chi connectivity index (χ2v) is 15.1. The lowest BCUT2D eigenvalue weighted by molar-refractivity contribution is -0.141. The lowest BCUT2D eigenvalue weighted by atomic mass is 10.0. The molecule has 270 valence electrons. The predicted octanol–water partition coefficient (Wildman–Crippen LogP) is 3.79. The van der Waals surface area contributed by atoms with Gasteiger partial charge in [-0.1, -0.05) is 13.8 Å². The average Bonchev–Trinajstić information content (AvgIpc) is 3.79. The van der Waals surface area contributed by atoms with E-state index in [1.807, 2.05) is 13.8 Å². The number of hydrogen-bond acceptors (Lipinski definition) is 10. The van der Waals surface area contributed by atoms with Gasteiger partial charge in [-0.05, 0) is 55.7 Å². The molecule has 1 atom stereocenters. The number of alkyl halides is 3. The molecule has 0 fully saturated rings. The van der Waals surface area contributed by atoms with E-state index in [2.05, 4.69) is 25.8 Å². The first-order valence-corrected chi connectivity index (χ1v) is 17.9. The summed E-state index contributed by atoms with van der Waals surface area (Å²) in [5, 5.41) is 13.7. The summed E-state index contributed by atoms with van der Waals surface area (Å²) in [5.41, 5.74) is -0.739. The molecule has 1 aromatic carbocycles. The SMILES string of the molecule is COc1ccc2cc1OCCn1nc(C)nc1[C@H](C(C)C)NC(=O)CN(S(=O)(=O)c1ccc(-c3cc(C(F)(F)F)nn3C)s1)CCCNC2=O. The first-order chi connectivity index (χ1) is 23.6. The minimum Gasteiger partial charge on any atom is -0.493 e. The number of aryl methyl sites for hydroxylation is 2. The van der Waals surface area contributed by atoms with Gasteiger partial charge in [0.15, 0.2) is 17.2 Å². The largest absolute Gasteiger partial charge is 0.493 e. The van der Waals surface area contributed by atoms with Crippen molar-refractivity contribution in [3.8, 4) is 22.1 Å². The number of nitrogens with one attached hydrogen (secondary N) is 2. The summed E-state index contributed by atoms with van der Waals surface area (Å²) >= 11 is 0.759. The number of thiophene rings is 1. The summed E-state index contributed by atoms with van der Waals surface area (Å²) in [6.45, 7) is 5.16. The van der Waals surface area contributed by atoms with Crippen LogP contribution in [0.5, 0.6) is 11.5 Å². The number of ether oxygens (including phenoxy) is 2. The van der Waals surface area contributed by atoms with E-state index in [1.54, 1.807) is 29.8 Å². The van der Waals surface area contributed by atoms with Crippen molar-refractivity contribution in [3.63, 3.8) is 0 Å². The first kappa shape index (κ1) is 36.8. The molecule has 4 heterocycles. The molecule has 0 spiro atoms. The van der Waals surface area contributed by atoms with Crippen LogP contribution in [0.2, 0.25) is 0 Å². The van der Waals surface area contributed by atoms with Crippen molar-refractivity contribution < 1.29 is 40.7 Å². The number of fused-ring (bicyclic) bond motifs is 3. The number of aromatic nitrogens is 5. The van der Waals surface area contributed by atoms with Gasteiger partial charge in [0.2, 0.25) is 5.91 Å². The van der Waals surface area contributed by atoms with Crippen LogP contribution in [0.25, 0.3) is 10.6 Å². The number of carbonyl (C=O) groups is 2. The van der Waals surface area contributed by atoms with Gasteiger partial charge in [-0.15, -0.1) is 11.3 Å². The highest BCUT2D eigenvalue weighted by Gasteiger charge is 2.36. The van der Waals surface area contributed by atoms with Crippen LogP contribution in [-0.4, -0.2) is 82.4 Å². The summed E-state index contributed by atoms with van der Waals surface area (Å²) in [7, 11) is -1.53. The van der Waals surface area contributed by atoms with Crippen molar-refractivity contribution in [1.29, 1.82) is 0 Å². The highest BCUT2D eigenvalue weighted by molar-refractivity contribution is 7.91. The molecule has 0 saturated carbocycles. The van der Waals surface area contributed by atoms with E-state index >= 15 is 0 Å². The molecule has 3 aromatic heterocycles. The zero-order valence-corrected chi connectivity index (χ0v) is 29.6. The quantitative estimate of drug-likeness (QED) is 0.310. The highest BCUT2D eigenvalue weighted by Crippen LogP contribution is 2.36. The zero-order chi connectivity index (χ0) is 36.4. The Morgan fingerprint density at radius 2 is 1.86 bits per heavy atom. The number of methoxy groups -OCH3 is 1. The maximum atomic E-state index is 14.0. The van der Waals surface area contributed by atoms with Gasteiger partial charge >= 0.3 is 6.18 Å². The standard InChI is InChI=1S/C31H37F3N8O6S2/c1-18(2)28-29-36-19(3)38-42(29)13-14-48-23-15-20(7-8-22(23)47-5)30(44)35-11-6-12-41(17-26(43)37-28)50(45,46)27-10-9-24(49-27)21-16-25(31(32,33)34)39-40(21)4/h7-10,15-16,18,28H,6,11-14,17H2,1-5H3,(H,35,44)(H,37,43)/t28-/m0/s1. The maximum absolute atomic E-state index is 14.0. The third-order valence-electron chi connectivity index (χ3n) is 7.84. The van der Waals surface area contributed by atoms with Crippen molar-refractivity contribution >= 4 is 33.2 Å². The number of hydrogen-bond donors (Lipinski definition) is 2. The number of carbonyl (C=O) groups excluding carboxylic acids is 2. The van der Waals surface area contributed by atoms with E-state index in [9.17, 15) is 31.2 Å². The van der Waals surface area contributed by atoms with Crippen LogP contribution >= 0.6 is 11.3 Å². The molecule has 19 heteroatoms. The predicted molar refractivity (Wildman–Crippen MR) is 176 cm³/mol. The fraction of sp³-hybridized carbons (Fsp3) is 0.452. The van der Waals surface area contributed by atoms with Crippen LogP contribution in [0.15, 0.2) is 40.6 Å². The van der Waals surface area contributed by atoms with Crippen LogP contribution in [0.4, 0.5) is 13.2 Å². The molecule has 2 N–H and O–H groups in total. The number of rotatable bonds is 5. The minimum absolute atomic E-state index is 0.0661. The Bertz CT molecular complexity index is 1970. The van der Waals surface area contributed by atoms with Gasteiger partial charge in [-0.25, -0.2) is 18.1 Å². The van der Waals surface area contributed by atoms with E-state index in [-0.39, 0.29) is 58.9 Å². The average molecular weight is 739 g/mol. The molecular weight excluding hydrogens is 702 g/mol. The zero-order valence-electron chi connectivity index (χ0n) is 27.9. The fourth-order valence-electron chi connectivity index (χ4n) is 5.35. The van der Waals surface area contributed by atoms with Crippen LogP contribution in [0.3, 0.4) is 0 Å². The Balaban J connectivity index is 1.47. The monoisotopic (exact) mass is 738 g/mol. The molecule has 0 radical (unpaired) electrons. The summed E-state index contributed by atoms with van der Waals surface area (Å²) in [6.07, 6.45) is -4.55. The Hall–Kier alpha value is -4.49. The molecule has 2 bridgehead atoms.